The zero-order valence-corrected chi connectivity index (χ0v) is 3.34. The van der Waals surface area contributed by atoms with Crippen LogP contribution >= 0.6 is 0 Å². The van der Waals surface area contributed by atoms with Gasteiger partial charge in [0.05, 0.1) is 0 Å². The quantitative estimate of drug-likeness (QED) is 0.302. The van der Waals surface area contributed by atoms with Crippen LogP contribution in [0.2, 0.25) is 0 Å². The normalized spacial score (nSPS) is 18.9. The van der Waals surface area contributed by atoms with E-state index in [4.69, 9.17) is 0 Å². The molecule has 0 atom stereocenters. The van der Waals surface area contributed by atoms with Crippen molar-refractivity contribution in [2.45, 2.75) is 6.42 Å². The Morgan fingerprint density at radius 3 is 1.71 bits per heavy atom. The summed E-state index contributed by atoms with van der Waals surface area (Å²) in [6.07, 6.45) is -0.250. The third kappa shape index (κ3) is 0.677. The first-order valence-electron chi connectivity index (χ1n) is 1.69. The second-order valence-electron chi connectivity index (χ2n) is 1.09. The summed E-state index contributed by atoms with van der Waals surface area (Å²) in [5.41, 5.74) is 0. The van der Waals surface area contributed by atoms with Crippen LogP contribution < -0.4 is 0 Å². The van der Waals surface area contributed by atoms with Crippen molar-refractivity contribution in [3.8, 4) is 0 Å². The van der Waals surface area contributed by atoms with E-state index in [1.54, 1.807) is 0 Å². The zero-order chi connectivity index (χ0) is 5.28. The predicted molar refractivity (Wildman–Crippen MR) is 16.8 cm³/mol. The molecule has 0 aromatic rings. The first-order chi connectivity index (χ1) is 3.29. The molecule has 7 heavy (non-hydrogen) atoms. The van der Waals surface area contributed by atoms with E-state index >= 15 is 0 Å². The summed E-state index contributed by atoms with van der Waals surface area (Å²) in [5.74, 6) is -1.24. The van der Waals surface area contributed by atoms with Crippen LogP contribution in [0.15, 0.2) is 0 Å². The Labute approximate surface area is 38.9 Å². The molecule has 1 saturated heterocycles. The van der Waals surface area contributed by atoms with Gasteiger partial charge in [-0.2, -0.15) is 0 Å². The van der Waals surface area contributed by atoms with Gasteiger partial charge in [0, 0.05) is 0 Å². The monoisotopic (exact) mass is 102 g/mol. The molecule has 0 N–H and O–H groups in total. The van der Waals surface area contributed by atoms with Gasteiger partial charge in [0.25, 0.3) is 0 Å². The maximum atomic E-state index is 9.89. The fourth-order valence-corrected chi connectivity index (χ4v) is 0.270. The minimum atomic E-state index is -0.620. The van der Waals surface area contributed by atoms with Crippen LogP contribution in [0.25, 0.3) is 0 Å². The standard InChI is InChI=1S/C3H2O4/c4-2-1-3(5)7-6-2/h1H2. The molecule has 1 aliphatic heterocycles. The van der Waals surface area contributed by atoms with Crippen molar-refractivity contribution in [3.63, 3.8) is 0 Å². The smallest absolute Gasteiger partial charge is 0.247 e. The zero-order valence-electron chi connectivity index (χ0n) is 3.34. The van der Waals surface area contributed by atoms with E-state index < -0.39 is 11.9 Å². The molecular weight excluding hydrogens is 100 g/mol. The highest BCUT2D eigenvalue weighted by molar-refractivity contribution is 5.94. The minimum Gasteiger partial charge on any atom is -0.247 e. The third-order valence-corrected chi connectivity index (χ3v) is 0.516. The fourth-order valence-electron chi connectivity index (χ4n) is 0.270. The van der Waals surface area contributed by atoms with Gasteiger partial charge in [-0.3, -0.25) is 0 Å². The molecule has 1 aliphatic rings. The molecule has 0 amide bonds. The Balaban J connectivity index is 2.55. The molecule has 1 rings (SSSR count). The SMILES string of the molecule is O=C1CC(=O)OO1. The average Bonchev–Trinajstić information content (AvgIpc) is 1.87. The summed E-state index contributed by atoms with van der Waals surface area (Å²) < 4.78 is 0. The maximum absolute atomic E-state index is 9.89. The molecule has 0 aliphatic carbocycles. The van der Waals surface area contributed by atoms with E-state index in [0.29, 0.717) is 0 Å². The van der Waals surface area contributed by atoms with Crippen LogP contribution in [0.3, 0.4) is 0 Å². The number of hydrogen-bond acceptors (Lipinski definition) is 4. The molecule has 0 bridgehead atoms. The highest BCUT2D eigenvalue weighted by atomic mass is 17.2. The van der Waals surface area contributed by atoms with Gasteiger partial charge in [0.1, 0.15) is 0 Å². The van der Waals surface area contributed by atoms with Crippen LogP contribution in [0.5, 0.6) is 0 Å². The molecular formula is C3H2O4. The Kier molecular flexibility index (Phi) is 0.714. The van der Waals surface area contributed by atoms with Gasteiger partial charge in [-0.15, -0.1) is 0 Å². The average molecular weight is 102 g/mol. The van der Waals surface area contributed by atoms with Crippen LogP contribution in [-0.4, -0.2) is 11.9 Å². The van der Waals surface area contributed by atoms with E-state index in [1.165, 1.54) is 0 Å². The van der Waals surface area contributed by atoms with Crippen LogP contribution in [-0.2, 0) is 19.4 Å². The minimum absolute atomic E-state index is 0.250. The van der Waals surface area contributed by atoms with Crippen molar-refractivity contribution >= 4 is 11.9 Å². The molecule has 38 valence electrons. The predicted octanol–water partition coefficient (Wildman–Crippen LogP) is -0.609. The summed E-state index contributed by atoms with van der Waals surface area (Å²) in [6.45, 7) is 0. The molecule has 0 unspecified atom stereocenters. The third-order valence-electron chi connectivity index (χ3n) is 0.516. The number of carbonyl (C=O) groups is 2. The second-order valence-corrected chi connectivity index (χ2v) is 1.09. The lowest BCUT2D eigenvalue weighted by atomic mass is 10.5. The van der Waals surface area contributed by atoms with Gasteiger partial charge in [-0.25, -0.2) is 19.4 Å². The first-order valence-corrected chi connectivity index (χ1v) is 1.69. The lowest BCUT2D eigenvalue weighted by molar-refractivity contribution is -0.235. The topological polar surface area (TPSA) is 52.6 Å². The van der Waals surface area contributed by atoms with E-state index in [1.807, 2.05) is 0 Å². The number of hydrogen-bond donors (Lipinski definition) is 0. The Hall–Kier alpha value is -1.06. The van der Waals surface area contributed by atoms with E-state index in [-0.39, 0.29) is 6.42 Å². The first kappa shape index (κ1) is 4.11. The van der Waals surface area contributed by atoms with Crippen molar-refractivity contribution in [2.24, 2.45) is 0 Å². The van der Waals surface area contributed by atoms with Crippen LogP contribution in [0.1, 0.15) is 6.42 Å². The molecule has 1 fully saturated rings. The summed E-state index contributed by atoms with van der Waals surface area (Å²) in [7, 11) is 0. The largest absolute Gasteiger partial charge is 0.366 e. The fraction of sp³-hybridized carbons (Fsp3) is 0.333. The van der Waals surface area contributed by atoms with Crippen LogP contribution in [0, 0.1) is 0 Å². The van der Waals surface area contributed by atoms with Crippen LogP contribution in [0.4, 0.5) is 0 Å². The van der Waals surface area contributed by atoms with Gasteiger partial charge >= 0.3 is 11.9 Å². The molecule has 0 aromatic heterocycles. The Morgan fingerprint density at radius 2 is 1.57 bits per heavy atom. The molecule has 4 heteroatoms. The van der Waals surface area contributed by atoms with Crippen molar-refractivity contribution in [3.05, 3.63) is 0 Å². The molecule has 0 aromatic carbocycles. The van der Waals surface area contributed by atoms with Crippen molar-refractivity contribution in [1.82, 2.24) is 0 Å². The Morgan fingerprint density at radius 1 is 1.14 bits per heavy atom. The molecule has 1 heterocycles. The van der Waals surface area contributed by atoms with Gasteiger partial charge in [0.2, 0.25) is 0 Å². The summed E-state index contributed by atoms with van der Waals surface area (Å²) in [6, 6.07) is 0. The summed E-state index contributed by atoms with van der Waals surface area (Å²) >= 11 is 0. The highest BCUT2D eigenvalue weighted by Gasteiger charge is 2.22. The van der Waals surface area contributed by atoms with Crippen molar-refractivity contribution in [2.75, 3.05) is 0 Å². The number of carbonyl (C=O) groups excluding carboxylic acids is 2. The van der Waals surface area contributed by atoms with Gasteiger partial charge in [-0.05, 0) is 0 Å². The second kappa shape index (κ2) is 1.22. The van der Waals surface area contributed by atoms with Crippen molar-refractivity contribution in [1.29, 1.82) is 0 Å². The molecule has 0 radical (unpaired) electrons. The summed E-state index contributed by atoms with van der Waals surface area (Å²) in [5, 5.41) is 0. The Bertz CT molecular complexity index is 102. The maximum Gasteiger partial charge on any atom is 0.366 e. The van der Waals surface area contributed by atoms with Gasteiger partial charge in [0.15, 0.2) is 6.42 Å². The molecule has 0 spiro atoms. The lowest BCUT2D eigenvalue weighted by Gasteiger charge is -1.79. The molecule has 0 saturated carbocycles. The molecule has 4 nitrogen and oxygen atoms in total. The highest BCUT2D eigenvalue weighted by Crippen LogP contribution is 1.99. The summed E-state index contributed by atoms with van der Waals surface area (Å²) in [4.78, 5) is 27.3. The van der Waals surface area contributed by atoms with E-state index in [9.17, 15) is 9.59 Å². The van der Waals surface area contributed by atoms with Crippen molar-refractivity contribution < 1.29 is 19.4 Å². The van der Waals surface area contributed by atoms with E-state index in [2.05, 4.69) is 9.78 Å². The number of rotatable bonds is 0. The van der Waals surface area contributed by atoms with E-state index in [0.717, 1.165) is 0 Å². The lowest BCUT2D eigenvalue weighted by Crippen LogP contribution is -1.90. The van der Waals surface area contributed by atoms with Gasteiger partial charge in [-0.1, -0.05) is 0 Å². The van der Waals surface area contributed by atoms with Gasteiger partial charge < -0.3 is 0 Å².